The molecule has 2 aromatic carbocycles. The minimum atomic E-state index is -0.0255. The Labute approximate surface area is 144 Å². The summed E-state index contributed by atoms with van der Waals surface area (Å²) >= 11 is 0. The highest BCUT2D eigenvalue weighted by Crippen LogP contribution is 2.25. The lowest BCUT2D eigenvalue weighted by atomic mass is 9.99. The first-order chi connectivity index (χ1) is 11.7. The van der Waals surface area contributed by atoms with E-state index in [2.05, 4.69) is 0 Å². The molecule has 0 aliphatic carbocycles. The summed E-state index contributed by atoms with van der Waals surface area (Å²) in [5.74, 6) is 0.256. The molecule has 0 aliphatic rings. The standard InChI is InChI=1S/C21H26O3/c1-23-20(17-9-5-3-6-10-17)15-13-19(22)14-16-21(24-2)18-11-7-4-8-12-18/h3-12,20-21H,13-16H2,1-2H3. The SMILES string of the molecule is COC(CCC(=O)CCC(OC)c1ccccc1)c1ccccc1. The number of ether oxygens (including phenoxy) is 2. The fraction of sp³-hybridized carbons (Fsp3) is 0.381. The normalized spacial score (nSPS) is 13.4. The third kappa shape index (κ3) is 5.59. The zero-order chi connectivity index (χ0) is 17.2. The van der Waals surface area contributed by atoms with E-state index in [4.69, 9.17) is 9.47 Å². The second-order valence-electron chi connectivity index (χ2n) is 5.89. The van der Waals surface area contributed by atoms with Crippen LogP contribution in [0, 0.1) is 0 Å². The number of ketones is 1. The quantitative estimate of drug-likeness (QED) is 0.623. The molecular weight excluding hydrogens is 300 g/mol. The van der Waals surface area contributed by atoms with Gasteiger partial charge in [-0.15, -0.1) is 0 Å². The van der Waals surface area contributed by atoms with Gasteiger partial charge in [-0.25, -0.2) is 0 Å². The number of hydrogen-bond donors (Lipinski definition) is 0. The Morgan fingerprint density at radius 1 is 0.750 bits per heavy atom. The molecule has 0 spiro atoms. The smallest absolute Gasteiger partial charge is 0.133 e. The van der Waals surface area contributed by atoms with Crippen LogP contribution in [0.5, 0.6) is 0 Å². The van der Waals surface area contributed by atoms with Crippen molar-refractivity contribution in [2.75, 3.05) is 14.2 Å². The Bertz CT molecular complexity index is 541. The van der Waals surface area contributed by atoms with Crippen LogP contribution in [0.4, 0.5) is 0 Å². The number of benzene rings is 2. The first-order valence-electron chi connectivity index (χ1n) is 8.41. The van der Waals surface area contributed by atoms with Gasteiger partial charge >= 0.3 is 0 Å². The van der Waals surface area contributed by atoms with E-state index in [9.17, 15) is 4.79 Å². The monoisotopic (exact) mass is 326 g/mol. The highest BCUT2D eigenvalue weighted by Gasteiger charge is 2.15. The fourth-order valence-corrected chi connectivity index (χ4v) is 2.89. The Morgan fingerprint density at radius 3 is 1.46 bits per heavy atom. The van der Waals surface area contributed by atoms with Gasteiger partial charge in [-0.2, -0.15) is 0 Å². The van der Waals surface area contributed by atoms with Crippen molar-refractivity contribution >= 4 is 5.78 Å². The van der Waals surface area contributed by atoms with Crippen molar-refractivity contribution in [3.8, 4) is 0 Å². The molecule has 2 unspecified atom stereocenters. The molecule has 2 atom stereocenters. The average molecular weight is 326 g/mol. The molecule has 0 saturated heterocycles. The number of carbonyl (C=O) groups is 1. The lowest BCUT2D eigenvalue weighted by Crippen LogP contribution is -2.08. The molecule has 0 saturated carbocycles. The van der Waals surface area contributed by atoms with Crippen molar-refractivity contribution in [3.05, 3.63) is 71.8 Å². The topological polar surface area (TPSA) is 35.5 Å². The van der Waals surface area contributed by atoms with Crippen molar-refractivity contribution in [2.45, 2.75) is 37.9 Å². The lowest BCUT2D eigenvalue weighted by molar-refractivity contribution is -0.120. The summed E-state index contributed by atoms with van der Waals surface area (Å²) in [7, 11) is 3.39. The number of carbonyl (C=O) groups excluding carboxylic acids is 1. The van der Waals surface area contributed by atoms with Gasteiger partial charge in [0.1, 0.15) is 5.78 Å². The van der Waals surface area contributed by atoms with Gasteiger partial charge in [0.2, 0.25) is 0 Å². The third-order valence-electron chi connectivity index (χ3n) is 4.28. The van der Waals surface area contributed by atoms with Crippen LogP contribution in [0.15, 0.2) is 60.7 Å². The molecule has 24 heavy (non-hydrogen) atoms. The molecule has 0 radical (unpaired) electrons. The van der Waals surface area contributed by atoms with Crippen LogP contribution in [-0.2, 0) is 14.3 Å². The lowest BCUT2D eigenvalue weighted by Gasteiger charge is -2.17. The molecule has 0 bridgehead atoms. The minimum Gasteiger partial charge on any atom is -0.377 e. The van der Waals surface area contributed by atoms with Crippen LogP contribution in [0.25, 0.3) is 0 Å². The third-order valence-corrected chi connectivity index (χ3v) is 4.28. The van der Waals surface area contributed by atoms with Crippen molar-refractivity contribution in [3.63, 3.8) is 0 Å². The van der Waals surface area contributed by atoms with E-state index >= 15 is 0 Å². The van der Waals surface area contributed by atoms with Crippen LogP contribution in [-0.4, -0.2) is 20.0 Å². The highest BCUT2D eigenvalue weighted by molar-refractivity contribution is 5.78. The molecule has 2 rings (SSSR count). The summed E-state index contributed by atoms with van der Waals surface area (Å²) in [4.78, 5) is 12.2. The summed E-state index contributed by atoms with van der Waals surface area (Å²) in [6.45, 7) is 0. The van der Waals surface area contributed by atoms with Crippen molar-refractivity contribution in [1.82, 2.24) is 0 Å². The summed E-state index contributed by atoms with van der Waals surface area (Å²) in [6, 6.07) is 20.1. The Hall–Kier alpha value is -1.97. The zero-order valence-electron chi connectivity index (χ0n) is 14.5. The molecule has 3 heteroatoms. The van der Waals surface area contributed by atoms with Crippen LogP contribution in [0.3, 0.4) is 0 Å². The zero-order valence-corrected chi connectivity index (χ0v) is 14.5. The molecule has 128 valence electrons. The van der Waals surface area contributed by atoms with Gasteiger partial charge in [0.05, 0.1) is 12.2 Å². The van der Waals surface area contributed by atoms with Gasteiger partial charge in [-0.1, -0.05) is 60.7 Å². The predicted molar refractivity (Wildman–Crippen MR) is 95.9 cm³/mol. The molecule has 0 fully saturated rings. The molecular formula is C21H26O3. The predicted octanol–water partition coefficient (Wildman–Crippen LogP) is 4.89. The molecule has 0 aliphatic heterocycles. The Kier molecular flexibility index (Phi) is 7.66. The fourth-order valence-electron chi connectivity index (χ4n) is 2.89. The maximum absolute atomic E-state index is 12.2. The van der Waals surface area contributed by atoms with Crippen LogP contribution in [0.1, 0.15) is 49.0 Å². The van der Waals surface area contributed by atoms with Crippen LogP contribution >= 0.6 is 0 Å². The van der Waals surface area contributed by atoms with Gasteiger partial charge in [-0.05, 0) is 24.0 Å². The van der Waals surface area contributed by atoms with E-state index in [1.165, 1.54) is 0 Å². The van der Waals surface area contributed by atoms with Gasteiger partial charge in [0, 0.05) is 27.1 Å². The Balaban J connectivity index is 1.80. The van der Waals surface area contributed by atoms with Gasteiger partial charge in [0.15, 0.2) is 0 Å². The number of hydrogen-bond acceptors (Lipinski definition) is 3. The van der Waals surface area contributed by atoms with E-state index < -0.39 is 0 Å². The van der Waals surface area contributed by atoms with Crippen LogP contribution < -0.4 is 0 Å². The molecule has 0 amide bonds. The van der Waals surface area contributed by atoms with Crippen molar-refractivity contribution in [1.29, 1.82) is 0 Å². The molecule has 2 aromatic rings. The van der Waals surface area contributed by atoms with Gasteiger partial charge < -0.3 is 9.47 Å². The van der Waals surface area contributed by atoms with E-state index in [0.717, 1.165) is 11.1 Å². The molecule has 0 N–H and O–H groups in total. The maximum Gasteiger partial charge on any atom is 0.133 e. The van der Waals surface area contributed by atoms with E-state index in [1.54, 1.807) is 14.2 Å². The molecule has 0 aromatic heterocycles. The number of rotatable bonds is 10. The molecule has 3 nitrogen and oxygen atoms in total. The second kappa shape index (κ2) is 10.0. The minimum absolute atomic E-state index is 0.0255. The Morgan fingerprint density at radius 2 is 1.12 bits per heavy atom. The van der Waals surface area contributed by atoms with Gasteiger partial charge in [-0.3, -0.25) is 4.79 Å². The average Bonchev–Trinajstić information content (AvgIpc) is 2.64. The summed E-state index contributed by atoms with van der Waals surface area (Å²) in [6.07, 6.45) is 2.42. The number of Topliss-reactive ketones (excluding diaryl/α,β-unsaturated/α-hetero) is 1. The van der Waals surface area contributed by atoms with Crippen molar-refractivity contribution in [2.24, 2.45) is 0 Å². The van der Waals surface area contributed by atoms with E-state index in [1.807, 2.05) is 60.7 Å². The summed E-state index contributed by atoms with van der Waals surface area (Å²) in [5.41, 5.74) is 2.23. The second-order valence-corrected chi connectivity index (χ2v) is 5.89. The van der Waals surface area contributed by atoms with Crippen LogP contribution in [0.2, 0.25) is 0 Å². The molecule has 0 heterocycles. The summed E-state index contributed by atoms with van der Waals surface area (Å²) < 4.78 is 11.1. The van der Waals surface area contributed by atoms with E-state index in [0.29, 0.717) is 25.7 Å². The van der Waals surface area contributed by atoms with E-state index in [-0.39, 0.29) is 18.0 Å². The number of methoxy groups -OCH3 is 2. The highest BCUT2D eigenvalue weighted by atomic mass is 16.5. The first-order valence-corrected chi connectivity index (χ1v) is 8.41. The van der Waals surface area contributed by atoms with Crippen molar-refractivity contribution < 1.29 is 14.3 Å². The first kappa shape index (κ1) is 18.4. The summed E-state index contributed by atoms with van der Waals surface area (Å²) in [5, 5.41) is 0. The van der Waals surface area contributed by atoms with Gasteiger partial charge in [0.25, 0.3) is 0 Å². The maximum atomic E-state index is 12.2. The largest absolute Gasteiger partial charge is 0.377 e.